The lowest BCUT2D eigenvalue weighted by Gasteiger charge is -2.32. The van der Waals surface area contributed by atoms with Crippen LogP contribution in [0.25, 0.3) is 0 Å². The van der Waals surface area contributed by atoms with E-state index >= 15 is 0 Å². The van der Waals surface area contributed by atoms with Crippen LogP contribution in [0.1, 0.15) is 18.4 Å². The first-order valence-electron chi connectivity index (χ1n) is 5.15. The second-order valence-corrected chi connectivity index (χ2v) is 4.03. The van der Waals surface area contributed by atoms with Gasteiger partial charge in [-0.05, 0) is 6.07 Å². The van der Waals surface area contributed by atoms with Crippen molar-refractivity contribution in [2.75, 3.05) is 6.54 Å². The lowest BCUT2D eigenvalue weighted by molar-refractivity contribution is -0.486. The second-order valence-electron chi connectivity index (χ2n) is 4.03. The van der Waals surface area contributed by atoms with Gasteiger partial charge >= 0.3 is 0 Å². The highest BCUT2D eigenvalue weighted by atomic mass is 16.6. The van der Waals surface area contributed by atoms with Gasteiger partial charge in [-0.3, -0.25) is 10.1 Å². The fourth-order valence-corrected chi connectivity index (χ4v) is 2.04. The van der Waals surface area contributed by atoms with Crippen molar-refractivity contribution in [3.05, 3.63) is 39.9 Å². The Bertz CT molecular complexity index is 407. The molecule has 3 atom stereocenters. The van der Waals surface area contributed by atoms with Gasteiger partial charge in [0.1, 0.15) is 5.75 Å². The first-order chi connectivity index (χ1) is 7.59. The second kappa shape index (κ2) is 4.09. The SMILES string of the molecule is CC1C(O)Oc2ccccc2C1C[N+](=O)[O-]. The summed E-state index contributed by atoms with van der Waals surface area (Å²) in [5.41, 5.74) is 0.803. The molecule has 0 spiro atoms. The zero-order valence-corrected chi connectivity index (χ0v) is 8.87. The van der Waals surface area contributed by atoms with E-state index in [1.165, 1.54) is 0 Å². The summed E-state index contributed by atoms with van der Waals surface area (Å²) in [6, 6.07) is 7.13. The summed E-state index contributed by atoms with van der Waals surface area (Å²) in [5.74, 6) is -0.0322. The molecule has 5 heteroatoms. The first-order valence-corrected chi connectivity index (χ1v) is 5.15. The van der Waals surface area contributed by atoms with E-state index in [0.717, 1.165) is 5.56 Å². The predicted molar refractivity (Wildman–Crippen MR) is 56.8 cm³/mol. The maximum atomic E-state index is 10.6. The van der Waals surface area contributed by atoms with Crippen molar-refractivity contribution in [1.82, 2.24) is 0 Å². The van der Waals surface area contributed by atoms with Crippen LogP contribution in [0.4, 0.5) is 0 Å². The summed E-state index contributed by atoms with van der Waals surface area (Å²) < 4.78 is 5.29. The van der Waals surface area contributed by atoms with Crippen LogP contribution in [-0.2, 0) is 0 Å². The van der Waals surface area contributed by atoms with Crippen molar-refractivity contribution in [1.29, 1.82) is 0 Å². The van der Waals surface area contributed by atoms with Gasteiger partial charge in [0, 0.05) is 16.4 Å². The molecule has 3 unspecified atom stereocenters. The van der Waals surface area contributed by atoms with Gasteiger partial charge in [-0.1, -0.05) is 25.1 Å². The lowest BCUT2D eigenvalue weighted by Crippen LogP contribution is -2.36. The zero-order valence-electron chi connectivity index (χ0n) is 8.87. The Balaban J connectivity index is 2.37. The molecule has 1 aliphatic heterocycles. The number of ether oxygens (including phenoxy) is 1. The number of para-hydroxylation sites is 1. The van der Waals surface area contributed by atoms with E-state index in [4.69, 9.17) is 4.74 Å². The number of benzene rings is 1. The van der Waals surface area contributed by atoms with Crippen LogP contribution >= 0.6 is 0 Å². The highest BCUT2D eigenvalue weighted by molar-refractivity contribution is 5.38. The van der Waals surface area contributed by atoms with Crippen LogP contribution in [0.2, 0.25) is 0 Å². The largest absolute Gasteiger partial charge is 0.465 e. The molecule has 0 saturated heterocycles. The van der Waals surface area contributed by atoms with E-state index in [2.05, 4.69) is 0 Å². The minimum Gasteiger partial charge on any atom is -0.465 e. The van der Waals surface area contributed by atoms with Crippen LogP contribution in [0.15, 0.2) is 24.3 Å². The topological polar surface area (TPSA) is 72.6 Å². The average molecular weight is 223 g/mol. The Hall–Kier alpha value is -1.62. The number of hydrogen-bond donors (Lipinski definition) is 1. The molecule has 1 aliphatic rings. The normalized spacial score (nSPS) is 28.0. The van der Waals surface area contributed by atoms with Gasteiger partial charge < -0.3 is 9.84 Å². The van der Waals surface area contributed by atoms with Crippen LogP contribution in [0.3, 0.4) is 0 Å². The number of nitrogens with zero attached hydrogens (tertiary/aromatic N) is 1. The standard InChI is InChI=1S/C11H13NO4/c1-7-9(6-12(14)15)8-4-2-3-5-10(8)16-11(7)13/h2-5,7,9,11,13H,6H2,1H3. The third-order valence-electron chi connectivity index (χ3n) is 3.00. The van der Waals surface area contributed by atoms with Gasteiger partial charge in [0.15, 0.2) is 0 Å². The lowest BCUT2D eigenvalue weighted by atomic mass is 9.84. The number of rotatable bonds is 2. The average Bonchev–Trinajstić information content (AvgIpc) is 2.24. The number of aliphatic hydroxyl groups excluding tert-OH is 1. The Morgan fingerprint density at radius 1 is 1.50 bits per heavy atom. The van der Waals surface area contributed by atoms with Gasteiger partial charge in [0.2, 0.25) is 12.8 Å². The molecule has 0 aromatic heterocycles. The minimum absolute atomic E-state index is 0.182. The predicted octanol–water partition coefficient (Wildman–Crippen LogP) is 1.39. The van der Waals surface area contributed by atoms with Crippen LogP contribution in [0.5, 0.6) is 5.75 Å². The fraction of sp³-hybridized carbons (Fsp3) is 0.455. The molecule has 1 N–H and O–H groups in total. The first kappa shape index (κ1) is 10.9. The molecular formula is C11H13NO4. The molecule has 0 bridgehead atoms. The van der Waals surface area contributed by atoms with Crippen molar-refractivity contribution in [3.63, 3.8) is 0 Å². The Labute approximate surface area is 92.8 Å². The monoisotopic (exact) mass is 223 g/mol. The number of fused-ring (bicyclic) bond motifs is 1. The van der Waals surface area contributed by atoms with Gasteiger partial charge in [0.05, 0.1) is 5.92 Å². The van der Waals surface area contributed by atoms with Gasteiger partial charge in [-0.25, -0.2) is 0 Å². The molecule has 0 fully saturated rings. The molecule has 5 nitrogen and oxygen atoms in total. The summed E-state index contributed by atoms with van der Waals surface area (Å²) >= 11 is 0. The number of aliphatic hydroxyl groups is 1. The molecule has 0 radical (unpaired) electrons. The van der Waals surface area contributed by atoms with Gasteiger partial charge in [0.25, 0.3) is 0 Å². The summed E-state index contributed by atoms with van der Waals surface area (Å²) in [4.78, 5) is 10.3. The molecule has 2 rings (SSSR count). The van der Waals surface area contributed by atoms with Crippen LogP contribution in [0, 0.1) is 16.0 Å². The van der Waals surface area contributed by atoms with Crippen molar-refractivity contribution < 1.29 is 14.8 Å². The number of hydrogen-bond acceptors (Lipinski definition) is 4. The molecule has 0 saturated carbocycles. The molecular weight excluding hydrogens is 210 g/mol. The van der Waals surface area contributed by atoms with Gasteiger partial charge in [-0.15, -0.1) is 0 Å². The highest BCUT2D eigenvalue weighted by Crippen LogP contribution is 2.39. The third-order valence-corrected chi connectivity index (χ3v) is 3.00. The summed E-state index contributed by atoms with van der Waals surface area (Å²) in [6.45, 7) is 1.58. The van der Waals surface area contributed by atoms with Crippen molar-refractivity contribution in [2.45, 2.75) is 19.1 Å². The van der Waals surface area contributed by atoms with E-state index in [1.54, 1.807) is 19.1 Å². The van der Waals surface area contributed by atoms with Crippen molar-refractivity contribution in [3.8, 4) is 5.75 Å². The van der Waals surface area contributed by atoms with E-state index in [0.29, 0.717) is 5.75 Å². The Morgan fingerprint density at radius 2 is 2.19 bits per heavy atom. The minimum atomic E-state index is -0.972. The maximum absolute atomic E-state index is 10.6. The summed E-state index contributed by atoms with van der Waals surface area (Å²) in [5, 5.41) is 20.3. The van der Waals surface area contributed by atoms with Crippen LogP contribution < -0.4 is 4.74 Å². The van der Waals surface area contributed by atoms with E-state index in [9.17, 15) is 15.2 Å². The molecule has 0 amide bonds. The van der Waals surface area contributed by atoms with Gasteiger partial charge in [-0.2, -0.15) is 0 Å². The maximum Gasteiger partial charge on any atom is 0.211 e. The third kappa shape index (κ3) is 1.86. The van der Waals surface area contributed by atoms with Crippen LogP contribution in [-0.4, -0.2) is 22.9 Å². The Kier molecular flexibility index (Phi) is 2.78. The Morgan fingerprint density at radius 3 is 2.88 bits per heavy atom. The van der Waals surface area contributed by atoms with E-state index < -0.39 is 6.29 Å². The van der Waals surface area contributed by atoms with E-state index in [1.807, 2.05) is 12.1 Å². The zero-order chi connectivity index (χ0) is 11.7. The smallest absolute Gasteiger partial charge is 0.211 e. The highest BCUT2D eigenvalue weighted by Gasteiger charge is 2.37. The fourth-order valence-electron chi connectivity index (χ4n) is 2.04. The van der Waals surface area contributed by atoms with E-state index in [-0.39, 0.29) is 23.3 Å². The molecule has 1 heterocycles. The number of nitro groups is 1. The molecule has 1 aromatic rings. The van der Waals surface area contributed by atoms with Crippen molar-refractivity contribution >= 4 is 0 Å². The molecule has 0 aliphatic carbocycles. The summed E-state index contributed by atoms with van der Waals surface area (Å²) in [7, 11) is 0. The molecule has 86 valence electrons. The molecule has 1 aromatic carbocycles. The summed E-state index contributed by atoms with van der Waals surface area (Å²) in [6.07, 6.45) is -0.972. The quantitative estimate of drug-likeness (QED) is 0.607. The van der Waals surface area contributed by atoms with Crippen molar-refractivity contribution in [2.24, 2.45) is 5.92 Å². The molecule has 16 heavy (non-hydrogen) atoms.